The van der Waals surface area contributed by atoms with Crippen molar-refractivity contribution in [2.24, 2.45) is 0 Å². The predicted octanol–water partition coefficient (Wildman–Crippen LogP) is 4.11. The molecule has 1 heterocycles. The number of hydrogen-bond acceptors (Lipinski definition) is 7. The molecule has 0 bridgehead atoms. The van der Waals surface area contributed by atoms with Crippen LogP contribution in [0.3, 0.4) is 0 Å². The van der Waals surface area contributed by atoms with Gasteiger partial charge < -0.3 is 15.4 Å². The van der Waals surface area contributed by atoms with Crippen LogP contribution in [0, 0.1) is 6.92 Å². The van der Waals surface area contributed by atoms with Gasteiger partial charge in [-0.15, -0.1) is 5.10 Å². The zero-order chi connectivity index (χ0) is 18.5. The maximum atomic E-state index is 11.9. The van der Waals surface area contributed by atoms with Crippen LogP contribution in [0.15, 0.2) is 48.7 Å². The van der Waals surface area contributed by atoms with Crippen molar-refractivity contribution in [3.8, 4) is 0 Å². The molecule has 3 aromatic rings. The molecular formula is C18H16ClN5O2. The fourth-order valence-electron chi connectivity index (χ4n) is 2.28. The zero-order valence-electron chi connectivity index (χ0n) is 14.2. The van der Waals surface area contributed by atoms with E-state index < -0.39 is 5.97 Å². The molecule has 0 aliphatic carbocycles. The quantitative estimate of drug-likeness (QED) is 0.654. The van der Waals surface area contributed by atoms with Crippen molar-refractivity contribution < 1.29 is 9.53 Å². The van der Waals surface area contributed by atoms with E-state index in [1.165, 1.54) is 13.3 Å². The maximum Gasteiger partial charge on any atom is 0.339 e. The Morgan fingerprint density at radius 3 is 2.73 bits per heavy atom. The third-order valence-corrected chi connectivity index (χ3v) is 3.84. The second-order valence-corrected chi connectivity index (χ2v) is 5.85. The van der Waals surface area contributed by atoms with E-state index in [1.807, 2.05) is 19.1 Å². The van der Waals surface area contributed by atoms with Gasteiger partial charge in [0.15, 0.2) is 5.82 Å². The van der Waals surface area contributed by atoms with Crippen LogP contribution in [0.25, 0.3) is 0 Å². The second kappa shape index (κ2) is 7.79. The molecule has 0 unspecified atom stereocenters. The SMILES string of the molecule is COC(=O)c1ccccc1Nc1nncc(Nc2cc(Cl)ccc2C)n1. The van der Waals surface area contributed by atoms with Crippen LogP contribution >= 0.6 is 11.6 Å². The summed E-state index contributed by atoms with van der Waals surface area (Å²) in [5.41, 5.74) is 2.73. The van der Waals surface area contributed by atoms with Crippen LogP contribution in [-0.2, 0) is 4.74 Å². The Hall–Kier alpha value is -3.19. The molecule has 26 heavy (non-hydrogen) atoms. The molecule has 2 aromatic carbocycles. The Labute approximate surface area is 155 Å². The van der Waals surface area contributed by atoms with Crippen molar-refractivity contribution in [3.63, 3.8) is 0 Å². The fourth-order valence-corrected chi connectivity index (χ4v) is 2.46. The Morgan fingerprint density at radius 1 is 1.12 bits per heavy atom. The van der Waals surface area contributed by atoms with Crippen molar-refractivity contribution >= 4 is 40.7 Å². The maximum absolute atomic E-state index is 11.9. The standard InChI is InChI=1S/C18H16ClN5O2/c1-11-7-8-12(19)9-15(11)21-16-10-20-24-18(23-16)22-14-6-4-3-5-13(14)17(25)26-2/h3-10H,1-2H3,(H2,21,22,23,24). The summed E-state index contributed by atoms with van der Waals surface area (Å²) in [6.45, 7) is 1.96. The van der Waals surface area contributed by atoms with Gasteiger partial charge in [0.2, 0.25) is 5.95 Å². The number of anilines is 4. The summed E-state index contributed by atoms with van der Waals surface area (Å²) in [5.74, 6) is 0.277. The minimum atomic E-state index is -0.454. The number of methoxy groups -OCH3 is 1. The first kappa shape index (κ1) is 17.6. The number of esters is 1. The largest absolute Gasteiger partial charge is 0.465 e. The average molecular weight is 370 g/mol. The summed E-state index contributed by atoms with van der Waals surface area (Å²) >= 11 is 6.04. The molecule has 0 radical (unpaired) electrons. The van der Waals surface area contributed by atoms with Crippen LogP contribution in [0.2, 0.25) is 5.02 Å². The van der Waals surface area contributed by atoms with Crippen LogP contribution in [0.5, 0.6) is 0 Å². The number of nitrogens with zero attached hydrogens (tertiary/aromatic N) is 3. The van der Waals surface area contributed by atoms with E-state index in [0.717, 1.165) is 11.3 Å². The van der Waals surface area contributed by atoms with Crippen molar-refractivity contribution in [2.75, 3.05) is 17.7 Å². The minimum absolute atomic E-state index is 0.242. The van der Waals surface area contributed by atoms with Gasteiger partial charge in [0.25, 0.3) is 0 Å². The number of para-hydroxylation sites is 1. The molecule has 0 aliphatic rings. The Morgan fingerprint density at radius 2 is 1.92 bits per heavy atom. The molecule has 0 spiro atoms. The van der Waals surface area contributed by atoms with Gasteiger partial charge in [-0.25, -0.2) is 4.79 Å². The molecule has 0 atom stereocenters. The van der Waals surface area contributed by atoms with E-state index in [1.54, 1.807) is 30.3 Å². The molecule has 0 saturated heterocycles. The molecule has 3 rings (SSSR count). The van der Waals surface area contributed by atoms with Crippen LogP contribution in [-0.4, -0.2) is 28.3 Å². The highest BCUT2D eigenvalue weighted by atomic mass is 35.5. The number of carbonyl (C=O) groups is 1. The first-order chi connectivity index (χ1) is 12.6. The highest BCUT2D eigenvalue weighted by molar-refractivity contribution is 6.30. The number of hydrogen-bond donors (Lipinski definition) is 2. The van der Waals surface area contributed by atoms with Gasteiger partial charge in [-0.2, -0.15) is 10.1 Å². The number of carbonyl (C=O) groups excluding carboxylic acids is 1. The Kier molecular flexibility index (Phi) is 5.28. The summed E-state index contributed by atoms with van der Waals surface area (Å²) < 4.78 is 4.78. The topological polar surface area (TPSA) is 89.0 Å². The third-order valence-electron chi connectivity index (χ3n) is 3.60. The molecule has 0 aliphatic heterocycles. The smallest absolute Gasteiger partial charge is 0.339 e. The summed E-state index contributed by atoms with van der Waals surface area (Å²) in [6, 6.07) is 12.5. The van der Waals surface area contributed by atoms with E-state index in [9.17, 15) is 4.79 Å². The summed E-state index contributed by atoms with van der Waals surface area (Å²) in [4.78, 5) is 16.2. The first-order valence-electron chi connectivity index (χ1n) is 7.74. The number of halogens is 1. The van der Waals surface area contributed by atoms with Crippen molar-refractivity contribution in [1.82, 2.24) is 15.2 Å². The lowest BCUT2D eigenvalue weighted by Gasteiger charge is -2.11. The van der Waals surface area contributed by atoms with Gasteiger partial charge in [-0.05, 0) is 36.8 Å². The first-order valence-corrected chi connectivity index (χ1v) is 8.12. The van der Waals surface area contributed by atoms with Gasteiger partial charge in [0, 0.05) is 10.7 Å². The molecule has 7 nitrogen and oxygen atoms in total. The highest BCUT2D eigenvalue weighted by Crippen LogP contribution is 2.24. The summed E-state index contributed by atoms with van der Waals surface area (Å²) in [6.07, 6.45) is 1.50. The highest BCUT2D eigenvalue weighted by Gasteiger charge is 2.12. The van der Waals surface area contributed by atoms with E-state index in [2.05, 4.69) is 25.8 Å². The number of aromatic nitrogens is 3. The van der Waals surface area contributed by atoms with Gasteiger partial charge in [0.05, 0.1) is 24.6 Å². The van der Waals surface area contributed by atoms with E-state index >= 15 is 0 Å². The second-order valence-electron chi connectivity index (χ2n) is 5.41. The van der Waals surface area contributed by atoms with Crippen molar-refractivity contribution in [3.05, 3.63) is 64.8 Å². The van der Waals surface area contributed by atoms with Crippen molar-refractivity contribution in [1.29, 1.82) is 0 Å². The van der Waals surface area contributed by atoms with E-state index in [4.69, 9.17) is 16.3 Å². The molecule has 132 valence electrons. The number of nitrogens with one attached hydrogen (secondary N) is 2. The lowest BCUT2D eigenvalue weighted by Crippen LogP contribution is -2.08. The normalized spacial score (nSPS) is 10.3. The predicted molar refractivity (Wildman–Crippen MR) is 100 cm³/mol. The lowest BCUT2D eigenvalue weighted by molar-refractivity contribution is 0.0602. The zero-order valence-corrected chi connectivity index (χ0v) is 14.9. The van der Waals surface area contributed by atoms with Crippen LogP contribution in [0.4, 0.5) is 23.1 Å². The summed E-state index contributed by atoms with van der Waals surface area (Å²) in [5, 5.41) is 14.7. The number of aryl methyl sites for hydroxylation is 1. The Bertz CT molecular complexity index is 948. The monoisotopic (exact) mass is 369 g/mol. The Balaban J connectivity index is 1.85. The van der Waals surface area contributed by atoms with Crippen molar-refractivity contribution in [2.45, 2.75) is 6.92 Å². The van der Waals surface area contributed by atoms with E-state index in [0.29, 0.717) is 22.1 Å². The molecule has 0 saturated carbocycles. The van der Waals surface area contributed by atoms with Crippen LogP contribution in [0.1, 0.15) is 15.9 Å². The minimum Gasteiger partial charge on any atom is -0.465 e. The molecule has 8 heteroatoms. The van der Waals surface area contributed by atoms with Gasteiger partial charge in [-0.1, -0.05) is 29.8 Å². The fraction of sp³-hybridized carbons (Fsp3) is 0.111. The summed E-state index contributed by atoms with van der Waals surface area (Å²) in [7, 11) is 1.33. The van der Waals surface area contributed by atoms with Gasteiger partial charge in [0.1, 0.15) is 0 Å². The molecule has 0 amide bonds. The molecule has 2 N–H and O–H groups in total. The third kappa shape index (κ3) is 4.07. The number of rotatable bonds is 5. The molecular weight excluding hydrogens is 354 g/mol. The lowest BCUT2D eigenvalue weighted by atomic mass is 10.2. The van der Waals surface area contributed by atoms with Gasteiger partial charge in [-0.3, -0.25) is 0 Å². The average Bonchev–Trinajstić information content (AvgIpc) is 2.65. The van der Waals surface area contributed by atoms with E-state index in [-0.39, 0.29) is 5.95 Å². The number of ether oxygens (including phenoxy) is 1. The number of benzene rings is 2. The van der Waals surface area contributed by atoms with Crippen LogP contribution < -0.4 is 10.6 Å². The van der Waals surface area contributed by atoms with Gasteiger partial charge >= 0.3 is 5.97 Å². The molecule has 0 fully saturated rings. The molecule has 1 aromatic heterocycles.